The monoisotopic (exact) mass is 501 g/mol. The third-order valence-corrected chi connectivity index (χ3v) is 7.85. The number of urea groups is 1. The molecule has 37 heavy (non-hydrogen) atoms. The summed E-state index contributed by atoms with van der Waals surface area (Å²) in [6.07, 6.45) is 3.65. The molecule has 5 rings (SSSR count). The number of nitrogens with zero attached hydrogens (tertiary/aromatic N) is 4. The van der Waals surface area contributed by atoms with Gasteiger partial charge in [0.05, 0.1) is 5.41 Å². The molecule has 1 aromatic heterocycles. The lowest BCUT2D eigenvalue weighted by Crippen LogP contribution is -2.55. The maximum absolute atomic E-state index is 13.6. The lowest BCUT2D eigenvalue weighted by molar-refractivity contribution is -0.128. The molecule has 1 N–H and O–H groups in total. The second kappa shape index (κ2) is 11.2. The number of piperidine rings is 2. The maximum Gasteiger partial charge on any atom is 0.319 e. The number of aryl methyl sites for hydroxylation is 1. The van der Waals surface area contributed by atoms with E-state index in [0.29, 0.717) is 57.3 Å². The third kappa shape index (κ3) is 5.53. The predicted molar refractivity (Wildman–Crippen MR) is 140 cm³/mol. The van der Waals surface area contributed by atoms with Crippen molar-refractivity contribution in [2.45, 2.75) is 50.4 Å². The Morgan fingerprint density at radius 1 is 0.946 bits per heavy atom. The Kier molecular flexibility index (Phi) is 7.53. The molecule has 3 amide bonds. The minimum atomic E-state index is -0.627. The Morgan fingerprint density at radius 3 is 2.19 bits per heavy atom. The first-order valence-corrected chi connectivity index (χ1v) is 13.3. The van der Waals surface area contributed by atoms with E-state index >= 15 is 0 Å². The summed E-state index contributed by atoms with van der Waals surface area (Å²) in [6, 6.07) is 20.3. The second-order valence-corrected chi connectivity index (χ2v) is 10.2. The van der Waals surface area contributed by atoms with E-state index in [1.54, 1.807) is 0 Å². The van der Waals surface area contributed by atoms with Gasteiger partial charge in [-0.1, -0.05) is 65.8 Å². The van der Waals surface area contributed by atoms with Crippen LogP contribution in [0, 0.1) is 6.92 Å². The smallest absolute Gasteiger partial charge is 0.319 e. The highest BCUT2D eigenvalue weighted by molar-refractivity contribution is 5.89. The molecule has 2 aromatic carbocycles. The Hall–Kier alpha value is -3.68. The molecule has 0 atom stereocenters. The average Bonchev–Trinajstić information content (AvgIpc) is 3.40. The summed E-state index contributed by atoms with van der Waals surface area (Å²) in [5.74, 6) is 1.58. The summed E-state index contributed by atoms with van der Waals surface area (Å²) >= 11 is 0. The minimum Gasteiger partial charge on any atom is -0.355 e. The van der Waals surface area contributed by atoms with Crippen LogP contribution < -0.4 is 5.32 Å². The van der Waals surface area contributed by atoms with Crippen LogP contribution in [0.4, 0.5) is 4.79 Å². The molecular weight excluding hydrogens is 466 g/mol. The fourth-order valence-corrected chi connectivity index (χ4v) is 5.61. The van der Waals surface area contributed by atoms with Gasteiger partial charge in [0, 0.05) is 38.6 Å². The summed E-state index contributed by atoms with van der Waals surface area (Å²) < 4.78 is 5.34. The minimum absolute atomic E-state index is 0.0531. The molecule has 0 saturated carbocycles. The molecule has 0 bridgehead atoms. The van der Waals surface area contributed by atoms with Gasteiger partial charge >= 0.3 is 6.03 Å². The Morgan fingerprint density at radius 2 is 1.57 bits per heavy atom. The fourth-order valence-electron chi connectivity index (χ4n) is 5.61. The highest BCUT2D eigenvalue weighted by Gasteiger charge is 2.44. The van der Waals surface area contributed by atoms with Crippen molar-refractivity contribution in [2.24, 2.45) is 0 Å². The van der Waals surface area contributed by atoms with Crippen LogP contribution in [0.15, 0.2) is 65.2 Å². The number of aromatic nitrogens is 2. The molecule has 0 spiro atoms. The quantitative estimate of drug-likeness (QED) is 0.550. The Labute approximate surface area is 218 Å². The van der Waals surface area contributed by atoms with Crippen molar-refractivity contribution in [3.8, 4) is 0 Å². The van der Waals surface area contributed by atoms with Crippen LogP contribution in [0.25, 0.3) is 0 Å². The molecule has 194 valence electrons. The van der Waals surface area contributed by atoms with Crippen molar-refractivity contribution in [1.29, 1.82) is 0 Å². The van der Waals surface area contributed by atoms with Gasteiger partial charge in [-0.25, -0.2) is 4.79 Å². The van der Waals surface area contributed by atoms with Crippen molar-refractivity contribution in [2.75, 3.05) is 32.7 Å². The van der Waals surface area contributed by atoms with Gasteiger partial charge in [0.1, 0.15) is 0 Å². The molecule has 3 aromatic rings. The molecule has 2 saturated heterocycles. The van der Waals surface area contributed by atoms with E-state index in [0.717, 1.165) is 24.8 Å². The van der Waals surface area contributed by atoms with Gasteiger partial charge in [-0.05, 0) is 50.2 Å². The van der Waals surface area contributed by atoms with Gasteiger partial charge in [-0.3, -0.25) is 4.79 Å². The average molecular weight is 502 g/mol. The second-order valence-electron chi connectivity index (χ2n) is 10.2. The van der Waals surface area contributed by atoms with Crippen molar-refractivity contribution in [3.05, 3.63) is 83.5 Å². The largest absolute Gasteiger partial charge is 0.355 e. The van der Waals surface area contributed by atoms with Gasteiger partial charge in [0.25, 0.3) is 0 Å². The van der Waals surface area contributed by atoms with Crippen LogP contribution >= 0.6 is 0 Å². The van der Waals surface area contributed by atoms with E-state index in [1.165, 1.54) is 5.56 Å². The summed E-state index contributed by atoms with van der Waals surface area (Å²) in [5.41, 5.74) is 1.60. The van der Waals surface area contributed by atoms with Crippen LogP contribution in [0.2, 0.25) is 0 Å². The van der Waals surface area contributed by atoms with Crippen LogP contribution in [0.3, 0.4) is 0 Å². The molecule has 0 aliphatic carbocycles. The number of nitrogens with one attached hydrogen (secondary N) is 1. The highest BCUT2D eigenvalue weighted by atomic mass is 16.5. The molecule has 2 fully saturated rings. The zero-order chi connectivity index (χ0) is 25.7. The summed E-state index contributed by atoms with van der Waals surface area (Å²) in [5, 5.41) is 7.10. The Bertz CT molecular complexity index is 1180. The van der Waals surface area contributed by atoms with E-state index in [2.05, 4.69) is 27.6 Å². The van der Waals surface area contributed by atoms with E-state index in [-0.39, 0.29) is 17.9 Å². The lowest BCUT2D eigenvalue weighted by Gasteiger charge is -2.43. The van der Waals surface area contributed by atoms with Crippen LogP contribution in [-0.4, -0.2) is 64.6 Å². The number of amides is 3. The number of hydrogen-bond acceptors (Lipinski definition) is 5. The summed E-state index contributed by atoms with van der Waals surface area (Å²) in [7, 11) is 0. The number of likely N-dealkylation sites (tertiary alicyclic amines) is 2. The van der Waals surface area contributed by atoms with E-state index in [1.807, 2.05) is 65.3 Å². The number of benzene rings is 2. The lowest BCUT2D eigenvalue weighted by atomic mass is 9.72. The van der Waals surface area contributed by atoms with Gasteiger partial charge in [-0.2, -0.15) is 4.98 Å². The molecule has 8 heteroatoms. The van der Waals surface area contributed by atoms with E-state index in [9.17, 15) is 9.59 Å². The SMILES string of the molecule is Cc1noc(C2CCN(C(=O)N3CCC(C(=O)NCCc4ccccc4)(c4ccccc4)CC3)CC2)n1. The molecule has 2 aliphatic heterocycles. The van der Waals surface area contributed by atoms with Gasteiger partial charge in [0.15, 0.2) is 5.82 Å². The number of carbonyl (C=O) groups is 2. The predicted octanol–water partition coefficient (Wildman–Crippen LogP) is 4.07. The van der Waals surface area contributed by atoms with E-state index < -0.39 is 5.41 Å². The number of carbonyl (C=O) groups excluding carboxylic acids is 2. The molecule has 2 aliphatic rings. The van der Waals surface area contributed by atoms with Crippen LogP contribution in [-0.2, 0) is 16.6 Å². The van der Waals surface area contributed by atoms with Crippen molar-refractivity contribution < 1.29 is 14.1 Å². The topological polar surface area (TPSA) is 91.6 Å². The normalized spacial score (nSPS) is 18.0. The maximum atomic E-state index is 13.6. The third-order valence-electron chi connectivity index (χ3n) is 7.85. The zero-order valence-corrected chi connectivity index (χ0v) is 21.4. The molecule has 0 unspecified atom stereocenters. The van der Waals surface area contributed by atoms with Crippen molar-refractivity contribution in [1.82, 2.24) is 25.3 Å². The number of rotatable bonds is 6. The standard InChI is InChI=1S/C29H35N5O3/c1-22-31-26(37-32-22)24-13-18-33(19-14-24)28(36)34-20-15-29(16-21-34,25-10-6-3-7-11-25)27(35)30-17-12-23-8-4-2-5-9-23/h2-11,24H,12-21H2,1H3,(H,30,35). The Balaban J connectivity index is 1.20. The summed E-state index contributed by atoms with van der Waals surface area (Å²) in [4.78, 5) is 35.2. The van der Waals surface area contributed by atoms with Gasteiger partial charge < -0.3 is 19.6 Å². The van der Waals surface area contributed by atoms with Crippen molar-refractivity contribution >= 4 is 11.9 Å². The van der Waals surface area contributed by atoms with Crippen LogP contribution in [0.5, 0.6) is 0 Å². The molecular formula is C29H35N5O3. The fraction of sp³-hybridized carbons (Fsp3) is 0.448. The van der Waals surface area contributed by atoms with Crippen molar-refractivity contribution in [3.63, 3.8) is 0 Å². The van der Waals surface area contributed by atoms with Gasteiger partial charge in [0.2, 0.25) is 11.8 Å². The first-order chi connectivity index (χ1) is 18.0. The zero-order valence-electron chi connectivity index (χ0n) is 21.4. The van der Waals surface area contributed by atoms with Gasteiger partial charge in [-0.15, -0.1) is 0 Å². The van der Waals surface area contributed by atoms with E-state index in [4.69, 9.17) is 4.52 Å². The first-order valence-electron chi connectivity index (χ1n) is 13.3. The molecule has 3 heterocycles. The molecule has 8 nitrogen and oxygen atoms in total. The van der Waals surface area contributed by atoms with Crippen LogP contribution in [0.1, 0.15) is 54.4 Å². The highest BCUT2D eigenvalue weighted by Crippen LogP contribution is 2.37. The molecule has 0 radical (unpaired) electrons. The summed E-state index contributed by atoms with van der Waals surface area (Å²) in [6.45, 7) is 4.87. The number of hydrogen-bond donors (Lipinski definition) is 1. The first kappa shape index (κ1) is 25.0.